The van der Waals surface area contributed by atoms with E-state index in [1.807, 2.05) is 0 Å². The van der Waals surface area contributed by atoms with Gasteiger partial charge in [0.25, 0.3) is 0 Å². The van der Waals surface area contributed by atoms with Crippen molar-refractivity contribution in [3.63, 3.8) is 0 Å². The molecule has 0 saturated carbocycles. The molecule has 2 aliphatic rings. The highest BCUT2D eigenvalue weighted by Crippen LogP contribution is 2.21. The van der Waals surface area contributed by atoms with Gasteiger partial charge in [0.15, 0.2) is 5.96 Å². The summed E-state index contributed by atoms with van der Waals surface area (Å²) in [5.74, 6) is 1.07. The Morgan fingerprint density at radius 1 is 1.06 bits per heavy atom. The van der Waals surface area contributed by atoms with E-state index in [9.17, 15) is 0 Å². The number of para-hydroxylation sites is 1. The van der Waals surface area contributed by atoms with Crippen LogP contribution in [0, 0.1) is 0 Å². The number of likely N-dealkylation sites (tertiary alicyclic amines) is 1. The van der Waals surface area contributed by atoms with Gasteiger partial charge < -0.3 is 10.2 Å². The zero-order valence-corrected chi connectivity index (χ0v) is 12.2. The Morgan fingerprint density at radius 2 is 1.82 bits per heavy atom. The van der Waals surface area contributed by atoms with Gasteiger partial charge in [-0.1, -0.05) is 18.2 Å². The number of nitrogens with one attached hydrogen (secondary N) is 1. The number of piperidine rings is 1. The first-order chi connectivity index (χ1) is 7.93. The van der Waals surface area contributed by atoms with Gasteiger partial charge in [0.1, 0.15) is 0 Å². The quantitative estimate of drug-likeness (QED) is 0.733. The van der Waals surface area contributed by atoms with Gasteiger partial charge in [0, 0.05) is 18.8 Å². The Morgan fingerprint density at radius 3 is 2.65 bits per heavy atom. The Bertz CT molecular complexity index is 411. The van der Waals surface area contributed by atoms with Crippen molar-refractivity contribution < 1.29 is 0 Å². The summed E-state index contributed by atoms with van der Waals surface area (Å²) in [4.78, 5) is 7.00. The van der Waals surface area contributed by atoms with Crippen LogP contribution >= 0.6 is 24.0 Å². The summed E-state index contributed by atoms with van der Waals surface area (Å²) in [5, 5.41) is 3.44. The van der Waals surface area contributed by atoms with Gasteiger partial charge in [-0.15, -0.1) is 24.0 Å². The summed E-state index contributed by atoms with van der Waals surface area (Å²) in [6, 6.07) is 8.42. The predicted molar refractivity (Wildman–Crippen MR) is 82.0 cm³/mol. The molecule has 1 N–H and O–H groups in total. The molecular formula is C13H18IN3. The fourth-order valence-electron chi connectivity index (χ4n) is 2.38. The number of rotatable bonds is 0. The van der Waals surface area contributed by atoms with Crippen LogP contribution in [0.2, 0.25) is 0 Å². The highest BCUT2D eigenvalue weighted by atomic mass is 127. The van der Waals surface area contributed by atoms with E-state index < -0.39 is 0 Å². The maximum absolute atomic E-state index is 4.63. The Balaban J connectivity index is 0.00000108. The molecule has 17 heavy (non-hydrogen) atoms. The summed E-state index contributed by atoms with van der Waals surface area (Å²) in [6.45, 7) is 3.11. The van der Waals surface area contributed by atoms with Gasteiger partial charge >= 0.3 is 0 Å². The molecule has 0 atom stereocenters. The third kappa shape index (κ3) is 2.73. The molecule has 92 valence electrons. The van der Waals surface area contributed by atoms with Crippen molar-refractivity contribution in [1.82, 2.24) is 4.90 Å². The van der Waals surface area contributed by atoms with Crippen molar-refractivity contribution >= 4 is 35.6 Å². The summed E-state index contributed by atoms with van der Waals surface area (Å²) < 4.78 is 0. The number of halogens is 1. The minimum Gasteiger partial charge on any atom is -0.343 e. The fourth-order valence-corrected chi connectivity index (χ4v) is 2.38. The molecule has 0 aromatic heterocycles. The molecule has 1 saturated heterocycles. The van der Waals surface area contributed by atoms with E-state index in [0.717, 1.165) is 25.6 Å². The van der Waals surface area contributed by atoms with Gasteiger partial charge in [0.2, 0.25) is 0 Å². The van der Waals surface area contributed by atoms with E-state index in [-0.39, 0.29) is 24.0 Å². The normalized spacial score (nSPS) is 18.6. The number of hydrogen-bond donors (Lipinski definition) is 1. The average molecular weight is 343 g/mol. The van der Waals surface area contributed by atoms with E-state index in [4.69, 9.17) is 0 Å². The Kier molecular flexibility index (Phi) is 4.25. The SMILES string of the molecule is I.c1ccc2c(c1)CN=C(N1CCCCC1)N2. The van der Waals surface area contributed by atoms with Crippen LogP contribution in [0.15, 0.2) is 29.3 Å². The van der Waals surface area contributed by atoms with Crippen LogP contribution in [0.4, 0.5) is 5.69 Å². The highest BCUT2D eigenvalue weighted by molar-refractivity contribution is 14.0. The van der Waals surface area contributed by atoms with Gasteiger partial charge in [0.05, 0.1) is 6.54 Å². The number of anilines is 1. The Labute approximate surface area is 119 Å². The molecule has 3 rings (SSSR count). The molecule has 0 spiro atoms. The minimum atomic E-state index is 0. The largest absolute Gasteiger partial charge is 0.343 e. The summed E-state index contributed by atoms with van der Waals surface area (Å²) >= 11 is 0. The lowest BCUT2D eigenvalue weighted by Crippen LogP contribution is -2.41. The van der Waals surface area contributed by atoms with E-state index in [1.165, 1.54) is 30.5 Å². The monoisotopic (exact) mass is 343 g/mol. The molecule has 4 heteroatoms. The smallest absolute Gasteiger partial charge is 0.198 e. The Hall–Kier alpha value is -0.780. The summed E-state index contributed by atoms with van der Waals surface area (Å²) in [7, 11) is 0. The third-order valence-corrected chi connectivity index (χ3v) is 3.32. The van der Waals surface area contributed by atoms with Crippen LogP contribution in [0.25, 0.3) is 0 Å². The molecule has 0 bridgehead atoms. The van der Waals surface area contributed by atoms with Gasteiger partial charge in [-0.25, -0.2) is 4.99 Å². The second-order valence-corrected chi connectivity index (χ2v) is 4.47. The molecule has 0 radical (unpaired) electrons. The van der Waals surface area contributed by atoms with E-state index in [2.05, 4.69) is 39.5 Å². The highest BCUT2D eigenvalue weighted by Gasteiger charge is 2.18. The lowest BCUT2D eigenvalue weighted by molar-refractivity contribution is 0.340. The van der Waals surface area contributed by atoms with Gasteiger partial charge in [-0.2, -0.15) is 0 Å². The molecule has 2 aliphatic heterocycles. The lowest BCUT2D eigenvalue weighted by atomic mass is 10.1. The van der Waals surface area contributed by atoms with Crippen molar-refractivity contribution in [2.75, 3.05) is 18.4 Å². The molecule has 0 amide bonds. The second-order valence-electron chi connectivity index (χ2n) is 4.47. The molecule has 2 heterocycles. The molecule has 3 nitrogen and oxygen atoms in total. The van der Waals surface area contributed by atoms with Crippen molar-refractivity contribution in [3.05, 3.63) is 29.8 Å². The zero-order valence-electron chi connectivity index (χ0n) is 9.85. The van der Waals surface area contributed by atoms with Crippen LogP contribution in [-0.4, -0.2) is 23.9 Å². The third-order valence-electron chi connectivity index (χ3n) is 3.32. The first kappa shape index (κ1) is 12.7. The van der Waals surface area contributed by atoms with Crippen molar-refractivity contribution in [2.24, 2.45) is 4.99 Å². The molecule has 1 aromatic carbocycles. The summed E-state index contributed by atoms with van der Waals surface area (Å²) in [6.07, 6.45) is 3.95. The number of guanidine groups is 1. The zero-order chi connectivity index (χ0) is 10.8. The topological polar surface area (TPSA) is 27.6 Å². The first-order valence-electron chi connectivity index (χ1n) is 6.08. The number of hydrogen-bond acceptors (Lipinski definition) is 3. The standard InChI is InChI=1S/C13H17N3.HI/c1-4-8-16(9-5-1)13-14-10-11-6-2-3-7-12(11)15-13;/h2-3,6-7H,1,4-5,8-10H2,(H,14,15);1H. The lowest BCUT2D eigenvalue weighted by Gasteiger charge is -2.32. The van der Waals surface area contributed by atoms with Gasteiger partial charge in [-0.3, -0.25) is 0 Å². The van der Waals surface area contributed by atoms with E-state index in [0.29, 0.717) is 0 Å². The summed E-state index contributed by atoms with van der Waals surface area (Å²) in [5.41, 5.74) is 2.52. The number of nitrogens with zero attached hydrogens (tertiary/aromatic N) is 2. The number of benzene rings is 1. The molecule has 0 aliphatic carbocycles. The van der Waals surface area contributed by atoms with Crippen molar-refractivity contribution in [1.29, 1.82) is 0 Å². The van der Waals surface area contributed by atoms with Crippen LogP contribution < -0.4 is 5.32 Å². The van der Waals surface area contributed by atoms with Gasteiger partial charge in [-0.05, 0) is 30.9 Å². The van der Waals surface area contributed by atoms with Crippen molar-refractivity contribution in [2.45, 2.75) is 25.8 Å². The van der Waals surface area contributed by atoms with Crippen LogP contribution in [0.3, 0.4) is 0 Å². The molecule has 1 fully saturated rings. The van der Waals surface area contributed by atoms with Crippen molar-refractivity contribution in [3.8, 4) is 0 Å². The fraction of sp³-hybridized carbons (Fsp3) is 0.462. The van der Waals surface area contributed by atoms with E-state index >= 15 is 0 Å². The second kappa shape index (κ2) is 5.71. The maximum Gasteiger partial charge on any atom is 0.198 e. The maximum atomic E-state index is 4.63. The van der Waals surface area contributed by atoms with Crippen LogP contribution in [0.5, 0.6) is 0 Å². The number of aliphatic imine (C=N–C) groups is 1. The number of fused-ring (bicyclic) bond motifs is 1. The molecule has 0 unspecified atom stereocenters. The van der Waals surface area contributed by atoms with Crippen LogP contribution in [-0.2, 0) is 6.54 Å². The average Bonchev–Trinajstić information content (AvgIpc) is 2.39. The predicted octanol–water partition coefficient (Wildman–Crippen LogP) is 3.07. The molecular weight excluding hydrogens is 325 g/mol. The minimum absolute atomic E-state index is 0. The van der Waals surface area contributed by atoms with Crippen LogP contribution in [0.1, 0.15) is 24.8 Å². The first-order valence-corrected chi connectivity index (χ1v) is 6.08. The van der Waals surface area contributed by atoms with E-state index in [1.54, 1.807) is 0 Å². The molecule has 1 aromatic rings.